The van der Waals surface area contributed by atoms with Crippen LogP contribution in [0.1, 0.15) is 16.7 Å². The SMILES string of the molecule is N#Cc1ccc(Cn2ccc3cc(CN)ccc32)c(Cl)c1. The van der Waals surface area contributed by atoms with Crippen molar-refractivity contribution in [3.63, 3.8) is 0 Å². The number of halogens is 1. The summed E-state index contributed by atoms with van der Waals surface area (Å²) >= 11 is 6.24. The quantitative estimate of drug-likeness (QED) is 0.801. The van der Waals surface area contributed by atoms with Crippen LogP contribution >= 0.6 is 11.6 Å². The molecule has 0 aliphatic rings. The summed E-state index contributed by atoms with van der Waals surface area (Å²) in [7, 11) is 0. The Labute approximate surface area is 128 Å². The number of nitrogens with zero attached hydrogens (tertiary/aromatic N) is 2. The third-order valence-corrected chi connectivity index (χ3v) is 3.95. The number of nitrogens with two attached hydrogens (primary N) is 1. The van der Waals surface area contributed by atoms with Crippen LogP contribution in [-0.4, -0.2) is 4.57 Å². The number of fused-ring (bicyclic) bond motifs is 1. The predicted molar refractivity (Wildman–Crippen MR) is 85.1 cm³/mol. The van der Waals surface area contributed by atoms with Crippen LogP contribution in [-0.2, 0) is 13.1 Å². The molecule has 0 bridgehead atoms. The van der Waals surface area contributed by atoms with E-state index in [0.29, 0.717) is 23.7 Å². The molecule has 3 aromatic rings. The molecule has 0 saturated heterocycles. The fourth-order valence-corrected chi connectivity index (χ4v) is 2.68. The van der Waals surface area contributed by atoms with Crippen molar-refractivity contribution < 1.29 is 0 Å². The minimum Gasteiger partial charge on any atom is -0.343 e. The molecule has 3 nitrogen and oxygen atoms in total. The Kier molecular flexibility index (Phi) is 3.66. The molecule has 2 aromatic carbocycles. The van der Waals surface area contributed by atoms with Gasteiger partial charge in [-0.2, -0.15) is 5.26 Å². The molecule has 0 amide bonds. The van der Waals surface area contributed by atoms with E-state index in [9.17, 15) is 0 Å². The molecule has 0 aliphatic heterocycles. The van der Waals surface area contributed by atoms with Crippen molar-refractivity contribution in [1.29, 1.82) is 5.26 Å². The first kappa shape index (κ1) is 13.7. The average Bonchev–Trinajstić information content (AvgIpc) is 2.91. The second kappa shape index (κ2) is 5.61. The smallest absolute Gasteiger partial charge is 0.0992 e. The molecule has 104 valence electrons. The maximum Gasteiger partial charge on any atom is 0.0992 e. The first-order chi connectivity index (χ1) is 10.2. The van der Waals surface area contributed by atoms with Gasteiger partial charge in [0, 0.05) is 29.8 Å². The van der Waals surface area contributed by atoms with Gasteiger partial charge in [-0.25, -0.2) is 0 Å². The van der Waals surface area contributed by atoms with Gasteiger partial charge in [0.05, 0.1) is 11.6 Å². The Morgan fingerprint density at radius 2 is 2.00 bits per heavy atom. The Morgan fingerprint density at radius 3 is 2.71 bits per heavy atom. The highest BCUT2D eigenvalue weighted by Crippen LogP contribution is 2.23. The fourth-order valence-electron chi connectivity index (χ4n) is 2.44. The van der Waals surface area contributed by atoms with Crippen molar-refractivity contribution >= 4 is 22.5 Å². The van der Waals surface area contributed by atoms with Gasteiger partial charge in [-0.1, -0.05) is 23.7 Å². The number of aromatic nitrogens is 1. The number of benzene rings is 2. The molecule has 4 heteroatoms. The van der Waals surface area contributed by atoms with Crippen molar-refractivity contribution in [3.05, 3.63) is 70.4 Å². The molecule has 0 radical (unpaired) electrons. The zero-order chi connectivity index (χ0) is 14.8. The molecule has 0 saturated carbocycles. The molecule has 0 spiro atoms. The predicted octanol–water partition coefficient (Wildman–Crippen LogP) is 3.67. The molecule has 0 fully saturated rings. The molecular formula is C17H14ClN3. The van der Waals surface area contributed by atoms with E-state index >= 15 is 0 Å². The lowest BCUT2D eigenvalue weighted by atomic mass is 10.1. The summed E-state index contributed by atoms with van der Waals surface area (Å²) in [5.74, 6) is 0. The largest absolute Gasteiger partial charge is 0.343 e. The van der Waals surface area contributed by atoms with Gasteiger partial charge >= 0.3 is 0 Å². The van der Waals surface area contributed by atoms with Gasteiger partial charge in [-0.15, -0.1) is 0 Å². The van der Waals surface area contributed by atoms with Crippen molar-refractivity contribution in [2.24, 2.45) is 5.73 Å². The van der Waals surface area contributed by atoms with Crippen LogP contribution in [0.5, 0.6) is 0 Å². The van der Waals surface area contributed by atoms with Gasteiger partial charge in [-0.3, -0.25) is 0 Å². The van der Waals surface area contributed by atoms with Crippen molar-refractivity contribution in [2.45, 2.75) is 13.1 Å². The minimum absolute atomic E-state index is 0.544. The molecule has 2 N–H and O–H groups in total. The fraction of sp³-hybridized carbons (Fsp3) is 0.118. The van der Waals surface area contributed by atoms with Crippen molar-refractivity contribution in [3.8, 4) is 6.07 Å². The molecule has 0 atom stereocenters. The zero-order valence-corrected chi connectivity index (χ0v) is 12.1. The highest BCUT2D eigenvalue weighted by atomic mass is 35.5. The Hall–Kier alpha value is -2.28. The highest BCUT2D eigenvalue weighted by Gasteiger charge is 2.06. The summed E-state index contributed by atoms with van der Waals surface area (Å²) in [6, 6.07) is 15.8. The van der Waals surface area contributed by atoms with E-state index < -0.39 is 0 Å². The number of rotatable bonds is 3. The van der Waals surface area contributed by atoms with Crippen LogP contribution in [0.25, 0.3) is 10.9 Å². The average molecular weight is 296 g/mol. The van der Waals surface area contributed by atoms with Crippen LogP contribution < -0.4 is 5.73 Å². The molecule has 0 unspecified atom stereocenters. The summed E-state index contributed by atoms with van der Waals surface area (Å²) < 4.78 is 2.14. The van der Waals surface area contributed by atoms with Gasteiger partial charge in [0.2, 0.25) is 0 Å². The van der Waals surface area contributed by atoms with Gasteiger partial charge in [0.1, 0.15) is 0 Å². The maximum atomic E-state index is 8.88. The van der Waals surface area contributed by atoms with E-state index in [4.69, 9.17) is 22.6 Å². The lowest BCUT2D eigenvalue weighted by molar-refractivity contribution is 0.837. The Morgan fingerprint density at radius 1 is 1.14 bits per heavy atom. The van der Waals surface area contributed by atoms with Crippen LogP contribution in [0.2, 0.25) is 5.02 Å². The molecule has 21 heavy (non-hydrogen) atoms. The first-order valence-electron chi connectivity index (χ1n) is 6.67. The molecular weight excluding hydrogens is 282 g/mol. The van der Waals surface area contributed by atoms with Crippen LogP contribution in [0, 0.1) is 11.3 Å². The number of nitriles is 1. The maximum absolute atomic E-state index is 8.88. The summed E-state index contributed by atoms with van der Waals surface area (Å²) in [6.45, 7) is 1.22. The second-order valence-electron chi connectivity index (χ2n) is 4.96. The topological polar surface area (TPSA) is 54.7 Å². The van der Waals surface area contributed by atoms with Gasteiger partial charge < -0.3 is 10.3 Å². The van der Waals surface area contributed by atoms with E-state index in [2.05, 4.69) is 28.8 Å². The van der Waals surface area contributed by atoms with E-state index in [0.717, 1.165) is 16.6 Å². The lowest BCUT2D eigenvalue weighted by Crippen LogP contribution is -2.00. The minimum atomic E-state index is 0.544. The van der Waals surface area contributed by atoms with Crippen molar-refractivity contribution in [2.75, 3.05) is 0 Å². The van der Waals surface area contributed by atoms with E-state index in [-0.39, 0.29) is 0 Å². The van der Waals surface area contributed by atoms with Crippen LogP contribution in [0.15, 0.2) is 48.7 Å². The lowest BCUT2D eigenvalue weighted by Gasteiger charge is -2.08. The summed E-state index contributed by atoms with van der Waals surface area (Å²) in [5, 5.41) is 10.7. The third kappa shape index (κ3) is 2.64. The molecule has 1 heterocycles. The second-order valence-corrected chi connectivity index (χ2v) is 5.37. The monoisotopic (exact) mass is 295 g/mol. The van der Waals surface area contributed by atoms with Crippen molar-refractivity contribution in [1.82, 2.24) is 4.57 Å². The molecule has 1 aromatic heterocycles. The third-order valence-electron chi connectivity index (χ3n) is 3.59. The Balaban J connectivity index is 1.97. The number of hydrogen-bond donors (Lipinski definition) is 1. The summed E-state index contributed by atoms with van der Waals surface area (Å²) in [5.41, 5.74) is 9.51. The standard InChI is InChI=1S/C17H14ClN3/c18-16-8-13(10-20)1-3-15(16)11-21-6-5-14-7-12(9-19)2-4-17(14)21/h1-8H,9,11,19H2. The highest BCUT2D eigenvalue weighted by molar-refractivity contribution is 6.31. The normalized spacial score (nSPS) is 10.7. The number of hydrogen-bond acceptors (Lipinski definition) is 2. The van der Waals surface area contributed by atoms with Gasteiger partial charge in [-0.05, 0) is 46.8 Å². The zero-order valence-electron chi connectivity index (χ0n) is 11.4. The Bertz CT molecular complexity index is 843. The first-order valence-corrected chi connectivity index (χ1v) is 7.05. The molecule has 3 rings (SSSR count). The summed E-state index contributed by atoms with van der Waals surface area (Å²) in [4.78, 5) is 0. The van der Waals surface area contributed by atoms with E-state index in [1.807, 2.05) is 18.3 Å². The van der Waals surface area contributed by atoms with Crippen LogP contribution in [0.3, 0.4) is 0 Å². The van der Waals surface area contributed by atoms with Crippen LogP contribution in [0.4, 0.5) is 0 Å². The van der Waals surface area contributed by atoms with Gasteiger partial charge in [0.15, 0.2) is 0 Å². The van der Waals surface area contributed by atoms with E-state index in [1.54, 1.807) is 12.1 Å². The molecule has 0 aliphatic carbocycles. The summed E-state index contributed by atoms with van der Waals surface area (Å²) in [6.07, 6.45) is 2.04. The van der Waals surface area contributed by atoms with E-state index in [1.165, 1.54) is 5.39 Å². The van der Waals surface area contributed by atoms with Gasteiger partial charge in [0.25, 0.3) is 0 Å².